The molecule has 1 saturated carbocycles. The Morgan fingerprint density at radius 2 is 1.71 bits per heavy atom. The summed E-state index contributed by atoms with van der Waals surface area (Å²) in [4.78, 5) is 22.9. The fraction of sp³-hybridized carbons (Fsp3) is 0.706. The number of fused-ring (bicyclic) bond motifs is 1. The van der Waals surface area contributed by atoms with Crippen LogP contribution in [0.4, 0.5) is 4.79 Å². The molecule has 132 valence electrons. The largest absolute Gasteiger partial charge is 0.390 e. The van der Waals surface area contributed by atoms with E-state index >= 15 is 0 Å². The van der Waals surface area contributed by atoms with Crippen molar-refractivity contribution in [2.24, 2.45) is 11.8 Å². The zero-order valence-corrected chi connectivity index (χ0v) is 14.3. The second kappa shape index (κ2) is 7.03. The predicted octanol–water partition coefficient (Wildman–Crippen LogP) is 0.409. The molecule has 0 aromatic carbocycles. The maximum absolute atomic E-state index is 12.3. The molecule has 3 rings (SSSR count). The molecule has 0 radical (unpaired) electrons. The number of aryl methyl sites for hydroxylation is 2. The number of amides is 2. The van der Waals surface area contributed by atoms with Gasteiger partial charge in [0.1, 0.15) is 5.82 Å². The monoisotopic (exact) mass is 334 g/mol. The van der Waals surface area contributed by atoms with Gasteiger partial charge in [-0.15, -0.1) is 0 Å². The van der Waals surface area contributed by atoms with E-state index in [0.717, 1.165) is 17.2 Å². The topological polar surface area (TPSA) is 98.6 Å². The lowest BCUT2D eigenvalue weighted by Gasteiger charge is -2.31. The molecule has 1 aromatic heterocycles. The van der Waals surface area contributed by atoms with Crippen molar-refractivity contribution < 1.29 is 15.0 Å². The van der Waals surface area contributed by atoms with Crippen LogP contribution in [0.25, 0.3) is 0 Å². The highest BCUT2D eigenvalue weighted by molar-refractivity contribution is 5.74. The van der Waals surface area contributed by atoms with Gasteiger partial charge in [0.05, 0.1) is 12.2 Å². The molecule has 2 aliphatic rings. The Morgan fingerprint density at radius 1 is 1.17 bits per heavy atom. The van der Waals surface area contributed by atoms with Gasteiger partial charge in [0, 0.05) is 37.4 Å². The third-order valence-corrected chi connectivity index (χ3v) is 5.05. The molecule has 7 nitrogen and oxygen atoms in total. The number of nitrogens with one attached hydrogen (secondary N) is 1. The maximum atomic E-state index is 12.3. The van der Waals surface area contributed by atoms with Crippen LogP contribution in [0.5, 0.6) is 0 Å². The molecule has 1 aromatic rings. The quantitative estimate of drug-likeness (QED) is 0.744. The zero-order valence-electron chi connectivity index (χ0n) is 14.3. The molecule has 2 heterocycles. The number of nitrogens with zero attached hydrogens (tertiary/aromatic N) is 3. The van der Waals surface area contributed by atoms with Crippen molar-refractivity contribution in [2.75, 3.05) is 19.6 Å². The van der Waals surface area contributed by atoms with Crippen molar-refractivity contribution in [1.29, 1.82) is 0 Å². The fourth-order valence-corrected chi connectivity index (χ4v) is 3.88. The van der Waals surface area contributed by atoms with Crippen molar-refractivity contribution >= 4 is 6.03 Å². The standard InChI is InChI=1S/C17H26N4O3/c1-10-5-11(2)20-16(19-10)3-4-18-17(24)21-8-12-6-14(22)15(23)7-13(12)9-21/h5,12-15,22-23H,3-4,6-9H2,1-2H3,(H,18,24)/t12-,13+,14-,15-/m0/s1. The number of urea groups is 1. The third-order valence-electron chi connectivity index (χ3n) is 5.05. The molecule has 1 saturated heterocycles. The first-order valence-electron chi connectivity index (χ1n) is 8.62. The van der Waals surface area contributed by atoms with Crippen molar-refractivity contribution in [3.05, 3.63) is 23.3 Å². The Labute approximate surface area is 142 Å². The lowest BCUT2D eigenvalue weighted by atomic mass is 9.79. The van der Waals surface area contributed by atoms with Gasteiger partial charge in [-0.05, 0) is 44.6 Å². The van der Waals surface area contributed by atoms with Gasteiger partial charge in [0.2, 0.25) is 0 Å². The highest BCUT2D eigenvalue weighted by atomic mass is 16.3. The summed E-state index contributed by atoms with van der Waals surface area (Å²) < 4.78 is 0. The summed E-state index contributed by atoms with van der Waals surface area (Å²) in [6.07, 6.45) is 0.441. The number of hydrogen-bond acceptors (Lipinski definition) is 5. The van der Waals surface area contributed by atoms with E-state index < -0.39 is 12.2 Å². The van der Waals surface area contributed by atoms with E-state index in [2.05, 4.69) is 15.3 Å². The second-order valence-corrected chi connectivity index (χ2v) is 7.08. The number of aromatic nitrogens is 2. The van der Waals surface area contributed by atoms with Gasteiger partial charge in [-0.25, -0.2) is 14.8 Å². The highest BCUT2D eigenvalue weighted by Crippen LogP contribution is 2.36. The first kappa shape index (κ1) is 17.1. The van der Waals surface area contributed by atoms with Gasteiger partial charge in [-0.2, -0.15) is 0 Å². The van der Waals surface area contributed by atoms with Gasteiger partial charge in [-0.3, -0.25) is 0 Å². The number of carbonyl (C=O) groups is 1. The minimum absolute atomic E-state index is 0.0854. The molecule has 1 aliphatic carbocycles. The highest BCUT2D eigenvalue weighted by Gasteiger charge is 2.42. The second-order valence-electron chi connectivity index (χ2n) is 7.08. The minimum atomic E-state index is -0.657. The van der Waals surface area contributed by atoms with Gasteiger partial charge in [0.25, 0.3) is 0 Å². The van der Waals surface area contributed by atoms with E-state index in [1.54, 1.807) is 4.90 Å². The summed E-state index contributed by atoms with van der Waals surface area (Å²) in [5, 5.41) is 22.5. The van der Waals surface area contributed by atoms with Crippen LogP contribution in [-0.4, -0.2) is 63.0 Å². The minimum Gasteiger partial charge on any atom is -0.390 e. The van der Waals surface area contributed by atoms with Gasteiger partial charge in [-0.1, -0.05) is 0 Å². The maximum Gasteiger partial charge on any atom is 0.317 e. The smallest absolute Gasteiger partial charge is 0.317 e. The van der Waals surface area contributed by atoms with Crippen LogP contribution in [0.15, 0.2) is 6.07 Å². The fourth-order valence-electron chi connectivity index (χ4n) is 3.88. The van der Waals surface area contributed by atoms with Crippen molar-refractivity contribution in [2.45, 2.75) is 45.3 Å². The first-order chi connectivity index (χ1) is 11.4. The number of aliphatic hydroxyl groups excluding tert-OH is 2. The number of hydrogen-bond donors (Lipinski definition) is 3. The summed E-state index contributed by atoms with van der Waals surface area (Å²) in [5.74, 6) is 1.32. The van der Waals surface area contributed by atoms with E-state index in [0.29, 0.717) is 38.9 Å². The molecule has 24 heavy (non-hydrogen) atoms. The van der Waals surface area contributed by atoms with Crippen LogP contribution in [0.3, 0.4) is 0 Å². The lowest BCUT2D eigenvalue weighted by molar-refractivity contribution is -0.0372. The zero-order chi connectivity index (χ0) is 17.3. The Kier molecular flexibility index (Phi) is 5.01. The molecular formula is C17H26N4O3. The van der Waals surface area contributed by atoms with Crippen LogP contribution < -0.4 is 5.32 Å². The summed E-state index contributed by atoms with van der Waals surface area (Å²) >= 11 is 0. The van der Waals surface area contributed by atoms with Crippen molar-refractivity contribution in [1.82, 2.24) is 20.2 Å². The molecular weight excluding hydrogens is 308 g/mol. The van der Waals surface area contributed by atoms with Crippen molar-refractivity contribution in [3.63, 3.8) is 0 Å². The van der Waals surface area contributed by atoms with Crippen LogP contribution in [-0.2, 0) is 6.42 Å². The molecule has 0 spiro atoms. The van der Waals surface area contributed by atoms with E-state index in [9.17, 15) is 15.0 Å². The Bertz CT molecular complexity index is 571. The van der Waals surface area contributed by atoms with E-state index in [1.165, 1.54) is 0 Å². The molecule has 1 aliphatic heterocycles. The van der Waals surface area contributed by atoms with Crippen LogP contribution in [0.2, 0.25) is 0 Å². The van der Waals surface area contributed by atoms with Crippen LogP contribution >= 0.6 is 0 Å². The Balaban J connectivity index is 1.48. The summed E-state index contributed by atoms with van der Waals surface area (Å²) in [7, 11) is 0. The summed E-state index contributed by atoms with van der Waals surface area (Å²) in [6, 6.07) is 1.84. The average molecular weight is 334 g/mol. The lowest BCUT2D eigenvalue weighted by Crippen LogP contribution is -2.39. The molecule has 7 heteroatoms. The molecule has 3 N–H and O–H groups in total. The van der Waals surface area contributed by atoms with Crippen molar-refractivity contribution in [3.8, 4) is 0 Å². The SMILES string of the molecule is Cc1cc(C)nc(CCNC(=O)N2C[C@H]3C[C@H](O)[C@@H](O)C[C@H]3C2)n1. The Morgan fingerprint density at radius 3 is 2.25 bits per heavy atom. The molecule has 2 amide bonds. The molecule has 4 atom stereocenters. The number of carbonyl (C=O) groups excluding carboxylic acids is 1. The van der Waals surface area contributed by atoms with Gasteiger partial charge < -0.3 is 20.4 Å². The van der Waals surface area contributed by atoms with E-state index in [-0.39, 0.29) is 17.9 Å². The summed E-state index contributed by atoms with van der Waals surface area (Å²) in [5.41, 5.74) is 1.87. The van der Waals surface area contributed by atoms with Crippen LogP contribution in [0.1, 0.15) is 30.1 Å². The van der Waals surface area contributed by atoms with E-state index in [4.69, 9.17) is 0 Å². The number of rotatable bonds is 3. The van der Waals surface area contributed by atoms with Crippen LogP contribution in [0, 0.1) is 25.7 Å². The number of aliphatic hydroxyl groups is 2. The van der Waals surface area contributed by atoms with E-state index in [1.807, 2.05) is 19.9 Å². The molecule has 0 bridgehead atoms. The normalized spacial score (nSPS) is 29.4. The third kappa shape index (κ3) is 3.84. The molecule has 2 fully saturated rings. The average Bonchev–Trinajstić information content (AvgIpc) is 2.89. The van der Waals surface area contributed by atoms with Gasteiger partial charge in [0.15, 0.2) is 0 Å². The first-order valence-corrected chi connectivity index (χ1v) is 8.62. The summed E-state index contributed by atoms with van der Waals surface area (Å²) in [6.45, 7) is 5.68. The molecule has 0 unspecified atom stereocenters. The predicted molar refractivity (Wildman–Crippen MR) is 88.4 cm³/mol. The Hall–Kier alpha value is -1.73. The van der Waals surface area contributed by atoms with Gasteiger partial charge >= 0.3 is 6.03 Å². The number of likely N-dealkylation sites (tertiary alicyclic amines) is 1.